The Morgan fingerprint density at radius 1 is 1.03 bits per heavy atom. The van der Waals surface area contributed by atoms with Crippen LogP contribution in [-0.4, -0.2) is 34.5 Å². The first-order chi connectivity index (χ1) is 15.7. The number of aryl methyl sites for hydroxylation is 1. The Hall–Kier alpha value is -3.96. The van der Waals surface area contributed by atoms with Crippen molar-refractivity contribution >= 4 is 32.3 Å². The van der Waals surface area contributed by atoms with E-state index in [1.807, 2.05) is 19.1 Å². The molecule has 1 heterocycles. The highest BCUT2D eigenvalue weighted by molar-refractivity contribution is 7.86. The van der Waals surface area contributed by atoms with E-state index >= 15 is 0 Å². The number of hydrogen-bond acceptors (Lipinski definition) is 7. The van der Waals surface area contributed by atoms with Crippen LogP contribution in [0.2, 0.25) is 0 Å². The molecule has 170 valence electrons. The summed E-state index contributed by atoms with van der Waals surface area (Å²) in [5.74, 6) is -0.441. The number of H-pyrrole nitrogens is 1. The van der Waals surface area contributed by atoms with Crippen LogP contribution in [0.3, 0.4) is 0 Å². The Bertz CT molecular complexity index is 1550. The number of hydrogen-bond donors (Lipinski definition) is 3. The maximum absolute atomic E-state index is 13.1. The Labute approximate surface area is 188 Å². The smallest absolute Gasteiger partial charge is 0.303 e. The lowest BCUT2D eigenvalue weighted by Crippen LogP contribution is -2.14. The highest BCUT2D eigenvalue weighted by Crippen LogP contribution is 2.40. The second-order valence-electron chi connectivity index (χ2n) is 7.17. The molecule has 0 radical (unpaired) electrons. The summed E-state index contributed by atoms with van der Waals surface area (Å²) in [7, 11) is -4.60. The van der Waals surface area contributed by atoms with Gasteiger partial charge in [0, 0.05) is 16.8 Å². The summed E-state index contributed by atoms with van der Waals surface area (Å²) in [6.07, 6.45) is 0. The average Bonchev–Trinajstić information content (AvgIpc) is 3.07. The van der Waals surface area contributed by atoms with Gasteiger partial charge in [-0.2, -0.15) is 8.42 Å². The van der Waals surface area contributed by atoms with Crippen molar-refractivity contribution in [3.05, 3.63) is 70.5 Å². The number of phenols is 1. The minimum atomic E-state index is -4.60. The van der Waals surface area contributed by atoms with Crippen molar-refractivity contribution in [1.29, 1.82) is 0 Å². The zero-order valence-corrected chi connectivity index (χ0v) is 18.5. The predicted octanol–water partition coefficient (Wildman–Crippen LogP) is 4.39. The van der Waals surface area contributed by atoms with E-state index in [0.29, 0.717) is 5.69 Å². The molecular weight excluding hydrogens is 448 g/mol. The first-order valence-corrected chi connectivity index (χ1v) is 11.3. The molecule has 0 aliphatic rings. The standard InChI is InChI=1S/C22H20N4O6S/c1-3-32-21-20(22(28)26(25-21)14-8-6-7-13(2)11-14)24-23-19-16-10-5-4-9-15(16)18(12-17(19)27)33(29,30)31/h4-12,25,27H,3H2,1-2H3,(H,29,30,31). The zero-order valence-electron chi connectivity index (χ0n) is 17.7. The summed E-state index contributed by atoms with van der Waals surface area (Å²) in [6.45, 7) is 3.90. The lowest BCUT2D eigenvalue weighted by molar-refractivity contribution is 0.325. The van der Waals surface area contributed by atoms with E-state index in [0.717, 1.165) is 11.6 Å². The second-order valence-corrected chi connectivity index (χ2v) is 8.56. The SMILES string of the molecule is CCOc1[nH]n(-c2cccc(C)c2)c(=O)c1N=Nc1c(O)cc(S(=O)(=O)O)c2ccccc12. The maximum Gasteiger partial charge on any atom is 0.303 e. The fourth-order valence-corrected chi connectivity index (χ4v) is 4.14. The fourth-order valence-electron chi connectivity index (χ4n) is 3.42. The number of aromatic nitrogens is 2. The molecule has 10 nitrogen and oxygen atoms in total. The molecule has 0 aliphatic heterocycles. The van der Waals surface area contributed by atoms with Gasteiger partial charge in [-0.15, -0.1) is 10.2 Å². The van der Waals surface area contributed by atoms with Gasteiger partial charge in [0.25, 0.3) is 10.1 Å². The van der Waals surface area contributed by atoms with Gasteiger partial charge in [0.05, 0.1) is 12.3 Å². The van der Waals surface area contributed by atoms with E-state index in [1.54, 1.807) is 31.2 Å². The fraction of sp³-hybridized carbons (Fsp3) is 0.136. The second kappa shape index (κ2) is 8.52. The molecule has 0 unspecified atom stereocenters. The van der Waals surface area contributed by atoms with Gasteiger partial charge in [-0.25, -0.2) is 4.68 Å². The van der Waals surface area contributed by atoms with E-state index in [-0.39, 0.29) is 34.6 Å². The quantitative estimate of drug-likeness (QED) is 0.282. The molecule has 0 aliphatic carbocycles. The van der Waals surface area contributed by atoms with Crippen molar-refractivity contribution in [3.8, 4) is 17.3 Å². The first-order valence-electron chi connectivity index (χ1n) is 9.89. The molecule has 4 rings (SSSR count). The molecule has 3 aromatic carbocycles. The molecule has 0 saturated heterocycles. The van der Waals surface area contributed by atoms with Crippen LogP contribution in [0.5, 0.6) is 11.6 Å². The third-order valence-corrected chi connectivity index (χ3v) is 5.76. The number of aromatic amines is 1. The minimum absolute atomic E-state index is 0.0665. The Balaban J connectivity index is 1.88. The van der Waals surface area contributed by atoms with Crippen LogP contribution in [0, 0.1) is 6.92 Å². The number of rotatable bonds is 6. The highest BCUT2D eigenvalue weighted by atomic mass is 32.2. The Morgan fingerprint density at radius 2 is 1.73 bits per heavy atom. The molecule has 3 N–H and O–H groups in total. The van der Waals surface area contributed by atoms with Gasteiger partial charge in [-0.1, -0.05) is 36.4 Å². The molecule has 0 spiro atoms. The number of benzene rings is 3. The molecule has 0 amide bonds. The predicted molar refractivity (Wildman–Crippen MR) is 122 cm³/mol. The number of aromatic hydroxyl groups is 1. The van der Waals surface area contributed by atoms with Crippen LogP contribution < -0.4 is 10.3 Å². The minimum Gasteiger partial charge on any atom is -0.506 e. The van der Waals surface area contributed by atoms with E-state index in [2.05, 4.69) is 15.3 Å². The maximum atomic E-state index is 13.1. The third-order valence-electron chi connectivity index (χ3n) is 4.87. The van der Waals surface area contributed by atoms with Crippen LogP contribution >= 0.6 is 0 Å². The Morgan fingerprint density at radius 3 is 2.39 bits per heavy atom. The van der Waals surface area contributed by atoms with Gasteiger partial charge in [0.15, 0.2) is 0 Å². The van der Waals surface area contributed by atoms with E-state index < -0.39 is 26.3 Å². The van der Waals surface area contributed by atoms with E-state index in [4.69, 9.17) is 4.74 Å². The van der Waals surface area contributed by atoms with Crippen molar-refractivity contribution in [2.45, 2.75) is 18.7 Å². The van der Waals surface area contributed by atoms with Gasteiger partial charge >= 0.3 is 5.56 Å². The molecule has 4 aromatic rings. The van der Waals surface area contributed by atoms with Gasteiger partial charge in [-0.3, -0.25) is 14.4 Å². The summed E-state index contributed by atoms with van der Waals surface area (Å²) < 4.78 is 39.8. The van der Waals surface area contributed by atoms with Crippen LogP contribution in [0.25, 0.3) is 16.5 Å². The number of phenolic OH excluding ortho intramolecular Hbond substituents is 1. The lowest BCUT2D eigenvalue weighted by Gasteiger charge is -2.08. The largest absolute Gasteiger partial charge is 0.506 e. The molecule has 0 atom stereocenters. The molecule has 0 bridgehead atoms. The summed E-state index contributed by atoms with van der Waals surface area (Å²) in [6, 6.07) is 14.3. The van der Waals surface area contributed by atoms with Crippen LogP contribution in [0.1, 0.15) is 12.5 Å². The lowest BCUT2D eigenvalue weighted by atomic mass is 10.1. The molecular formula is C22H20N4O6S. The Kier molecular flexibility index (Phi) is 5.75. The van der Waals surface area contributed by atoms with Crippen molar-refractivity contribution < 1.29 is 22.8 Å². The molecule has 0 saturated carbocycles. The molecule has 11 heteroatoms. The normalized spacial score (nSPS) is 12.0. The van der Waals surface area contributed by atoms with Crippen molar-refractivity contribution in [1.82, 2.24) is 9.78 Å². The third kappa shape index (κ3) is 4.23. The van der Waals surface area contributed by atoms with Gasteiger partial charge in [0.1, 0.15) is 16.3 Å². The molecule has 33 heavy (non-hydrogen) atoms. The van der Waals surface area contributed by atoms with E-state index in [1.165, 1.54) is 16.8 Å². The van der Waals surface area contributed by atoms with Crippen molar-refractivity contribution in [3.63, 3.8) is 0 Å². The number of azo groups is 1. The number of nitrogens with one attached hydrogen (secondary N) is 1. The van der Waals surface area contributed by atoms with Crippen molar-refractivity contribution in [2.75, 3.05) is 6.61 Å². The van der Waals surface area contributed by atoms with Gasteiger partial charge < -0.3 is 9.84 Å². The summed E-state index contributed by atoms with van der Waals surface area (Å²) in [5, 5.41) is 21.7. The number of fused-ring (bicyclic) bond motifs is 1. The monoisotopic (exact) mass is 468 g/mol. The average molecular weight is 468 g/mol. The highest BCUT2D eigenvalue weighted by Gasteiger charge is 2.21. The van der Waals surface area contributed by atoms with Crippen LogP contribution in [0.4, 0.5) is 11.4 Å². The van der Waals surface area contributed by atoms with Crippen LogP contribution in [0.15, 0.2) is 74.5 Å². The zero-order chi connectivity index (χ0) is 23.8. The van der Waals surface area contributed by atoms with Crippen molar-refractivity contribution in [2.24, 2.45) is 10.2 Å². The summed E-state index contributed by atoms with van der Waals surface area (Å²) >= 11 is 0. The summed E-state index contributed by atoms with van der Waals surface area (Å²) in [4.78, 5) is 12.6. The first kappa shape index (κ1) is 22.2. The van der Waals surface area contributed by atoms with Gasteiger partial charge in [0.2, 0.25) is 11.6 Å². The van der Waals surface area contributed by atoms with E-state index in [9.17, 15) is 22.9 Å². The number of ether oxygens (including phenoxy) is 1. The number of nitrogens with zero attached hydrogens (tertiary/aromatic N) is 3. The molecule has 1 aromatic heterocycles. The molecule has 0 fully saturated rings. The summed E-state index contributed by atoms with van der Waals surface area (Å²) in [5.41, 5.74) is 0.814. The van der Waals surface area contributed by atoms with Crippen LogP contribution in [-0.2, 0) is 10.1 Å². The van der Waals surface area contributed by atoms with Gasteiger partial charge in [-0.05, 0) is 31.5 Å². The topological polar surface area (TPSA) is 146 Å².